The van der Waals surface area contributed by atoms with Gasteiger partial charge in [-0.05, 0) is 54.1 Å². The Hall–Kier alpha value is -3.64. The molecule has 1 heterocycles. The van der Waals surface area contributed by atoms with Gasteiger partial charge in [0.1, 0.15) is 0 Å². The lowest BCUT2D eigenvalue weighted by molar-refractivity contribution is 0.0697. The number of nitrogens with one attached hydrogen (secondary N) is 1. The fourth-order valence-corrected chi connectivity index (χ4v) is 3.11. The number of aromatic nitrogens is 2. The first-order valence-corrected chi connectivity index (χ1v) is 9.30. The number of carboxylic acid groups (broad SMARTS) is 1. The van der Waals surface area contributed by atoms with Crippen LogP contribution in [0.15, 0.2) is 77.9 Å². The lowest BCUT2D eigenvalue weighted by Gasteiger charge is -2.07. The van der Waals surface area contributed by atoms with E-state index in [0.717, 1.165) is 16.6 Å². The van der Waals surface area contributed by atoms with E-state index in [1.54, 1.807) is 18.3 Å². The van der Waals surface area contributed by atoms with Crippen molar-refractivity contribution in [2.24, 2.45) is 5.10 Å². The van der Waals surface area contributed by atoms with Crippen molar-refractivity contribution in [2.45, 2.75) is 6.54 Å². The van der Waals surface area contributed by atoms with Crippen LogP contribution in [0.1, 0.15) is 21.7 Å². The van der Waals surface area contributed by atoms with E-state index in [2.05, 4.69) is 20.1 Å². The Kier molecular flexibility index (Phi) is 5.27. The molecule has 0 radical (unpaired) electrons. The number of nitrogens with zero attached hydrogens (tertiary/aromatic N) is 3. The molecule has 3 aromatic carbocycles. The predicted molar refractivity (Wildman–Crippen MR) is 115 cm³/mol. The fraction of sp³-hybridized carbons (Fsp3) is 0.0455. The number of anilines is 1. The van der Waals surface area contributed by atoms with Gasteiger partial charge in [0.25, 0.3) is 0 Å². The summed E-state index contributed by atoms with van der Waals surface area (Å²) in [5, 5.41) is 13.9. The van der Waals surface area contributed by atoms with Crippen LogP contribution in [-0.4, -0.2) is 26.8 Å². The predicted octanol–water partition coefficient (Wildman–Crippen LogP) is 4.88. The molecule has 0 aliphatic rings. The van der Waals surface area contributed by atoms with Gasteiger partial charge in [-0.1, -0.05) is 35.9 Å². The van der Waals surface area contributed by atoms with Crippen LogP contribution in [-0.2, 0) is 6.54 Å². The van der Waals surface area contributed by atoms with Crippen LogP contribution in [0.4, 0.5) is 5.69 Å². The van der Waals surface area contributed by atoms with E-state index in [1.165, 1.54) is 12.1 Å². The summed E-state index contributed by atoms with van der Waals surface area (Å²) in [5.41, 5.74) is 6.81. The zero-order valence-corrected chi connectivity index (χ0v) is 16.0. The summed E-state index contributed by atoms with van der Waals surface area (Å²) in [6.45, 7) is 0.631. The molecule has 0 aliphatic heterocycles. The van der Waals surface area contributed by atoms with Crippen LogP contribution in [0, 0.1) is 0 Å². The van der Waals surface area contributed by atoms with Crippen LogP contribution in [0.3, 0.4) is 0 Å². The second-order valence-electron chi connectivity index (χ2n) is 6.42. The van der Waals surface area contributed by atoms with Crippen molar-refractivity contribution in [3.8, 4) is 0 Å². The number of carboxylic acids is 1. The van der Waals surface area contributed by atoms with E-state index in [-0.39, 0.29) is 5.56 Å². The number of aromatic carboxylic acids is 1. The number of carbonyl (C=O) groups is 1. The Balaban J connectivity index is 1.59. The zero-order chi connectivity index (χ0) is 20.2. The van der Waals surface area contributed by atoms with Crippen molar-refractivity contribution in [1.29, 1.82) is 0 Å². The van der Waals surface area contributed by atoms with Crippen molar-refractivity contribution in [1.82, 2.24) is 9.55 Å². The molecule has 2 N–H and O–H groups in total. The molecule has 0 aliphatic carbocycles. The van der Waals surface area contributed by atoms with Gasteiger partial charge in [-0.25, -0.2) is 9.78 Å². The quantitative estimate of drug-likeness (QED) is 0.354. The molecule has 1 aromatic heterocycles. The van der Waals surface area contributed by atoms with Gasteiger partial charge in [0.05, 0.1) is 28.5 Å². The number of hydrazone groups is 1. The third-order valence-electron chi connectivity index (χ3n) is 4.44. The summed E-state index contributed by atoms with van der Waals surface area (Å²) < 4.78 is 2.08. The van der Waals surface area contributed by atoms with E-state index in [9.17, 15) is 4.79 Å². The number of imidazole rings is 1. The molecule has 0 spiro atoms. The Labute approximate surface area is 172 Å². The molecule has 144 valence electrons. The maximum absolute atomic E-state index is 10.9. The molecular weight excluding hydrogens is 388 g/mol. The van der Waals surface area contributed by atoms with Gasteiger partial charge in [-0.15, -0.1) is 0 Å². The first-order chi connectivity index (χ1) is 14.1. The second kappa shape index (κ2) is 8.16. The molecule has 6 nitrogen and oxygen atoms in total. The number of fused-ring (bicyclic) bond motifs is 1. The van der Waals surface area contributed by atoms with Gasteiger partial charge in [0.2, 0.25) is 0 Å². The number of rotatable bonds is 6. The van der Waals surface area contributed by atoms with E-state index >= 15 is 0 Å². The highest BCUT2D eigenvalue weighted by Gasteiger charge is 2.09. The third-order valence-corrected chi connectivity index (χ3v) is 4.70. The van der Waals surface area contributed by atoms with Crippen molar-refractivity contribution in [3.05, 3.63) is 94.8 Å². The van der Waals surface area contributed by atoms with Crippen LogP contribution in [0.2, 0.25) is 5.02 Å². The minimum atomic E-state index is -0.962. The van der Waals surface area contributed by atoms with E-state index in [0.29, 0.717) is 23.1 Å². The SMILES string of the molecule is O=C(O)c1ccc(N/N=C/c2nc3ccccc3n2Cc2ccc(Cl)cc2)cc1. The van der Waals surface area contributed by atoms with Gasteiger partial charge in [0, 0.05) is 11.6 Å². The Morgan fingerprint density at radius 2 is 1.79 bits per heavy atom. The van der Waals surface area contributed by atoms with Gasteiger partial charge in [-0.3, -0.25) is 5.43 Å². The van der Waals surface area contributed by atoms with E-state index < -0.39 is 5.97 Å². The maximum Gasteiger partial charge on any atom is 0.335 e. The lowest BCUT2D eigenvalue weighted by Crippen LogP contribution is -2.05. The topological polar surface area (TPSA) is 79.5 Å². The fourth-order valence-electron chi connectivity index (χ4n) is 2.98. The molecule has 0 atom stereocenters. The molecule has 0 saturated carbocycles. The van der Waals surface area contributed by atoms with Gasteiger partial charge in [-0.2, -0.15) is 5.10 Å². The first-order valence-electron chi connectivity index (χ1n) is 8.92. The van der Waals surface area contributed by atoms with Gasteiger partial charge in [0.15, 0.2) is 5.82 Å². The Morgan fingerprint density at radius 3 is 2.52 bits per heavy atom. The van der Waals surface area contributed by atoms with Crippen molar-refractivity contribution >= 4 is 40.5 Å². The normalized spacial score (nSPS) is 11.2. The smallest absolute Gasteiger partial charge is 0.335 e. The first kappa shape index (κ1) is 18.7. The molecular formula is C22H17ClN4O2. The van der Waals surface area contributed by atoms with Crippen LogP contribution < -0.4 is 5.43 Å². The summed E-state index contributed by atoms with van der Waals surface area (Å²) in [6.07, 6.45) is 1.65. The lowest BCUT2D eigenvalue weighted by atomic mass is 10.2. The second-order valence-corrected chi connectivity index (χ2v) is 6.86. The van der Waals surface area contributed by atoms with E-state index in [1.807, 2.05) is 48.5 Å². The highest BCUT2D eigenvalue weighted by molar-refractivity contribution is 6.30. The summed E-state index contributed by atoms with van der Waals surface area (Å²) >= 11 is 5.99. The zero-order valence-electron chi connectivity index (χ0n) is 15.3. The van der Waals surface area contributed by atoms with Crippen molar-refractivity contribution in [2.75, 3.05) is 5.43 Å². The maximum atomic E-state index is 10.9. The van der Waals surface area contributed by atoms with Gasteiger partial charge >= 0.3 is 5.97 Å². The highest BCUT2D eigenvalue weighted by atomic mass is 35.5. The number of hydrogen-bond acceptors (Lipinski definition) is 4. The molecule has 4 rings (SSSR count). The van der Waals surface area contributed by atoms with Gasteiger partial charge < -0.3 is 9.67 Å². The van der Waals surface area contributed by atoms with Crippen LogP contribution in [0.25, 0.3) is 11.0 Å². The van der Waals surface area contributed by atoms with Crippen LogP contribution >= 0.6 is 11.6 Å². The average Bonchev–Trinajstić information content (AvgIpc) is 3.07. The molecule has 7 heteroatoms. The summed E-state index contributed by atoms with van der Waals surface area (Å²) in [6, 6.07) is 22.0. The standard InChI is InChI=1S/C22H17ClN4O2/c23-17-9-5-15(6-10-17)14-27-20-4-2-1-3-19(20)25-21(27)13-24-26-18-11-7-16(8-12-18)22(28)29/h1-13,26H,14H2,(H,28,29)/b24-13+. The molecule has 0 unspecified atom stereocenters. The third kappa shape index (κ3) is 4.28. The average molecular weight is 405 g/mol. The number of benzene rings is 3. The minimum Gasteiger partial charge on any atom is -0.478 e. The van der Waals surface area contributed by atoms with Crippen molar-refractivity contribution in [3.63, 3.8) is 0 Å². The molecule has 4 aromatic rings. The number of para-hydroxylation sites is 2. The summed E-state index contributed by atoms with van der Waals surface area (Å²) in [4.78, 5) is 15.6. The summed E-state index contributed by atoms with van der Waals surface area (Å²) in [7, 11) is 0. The molecule has 0 bridgehead atoms. The number of hydrogen-bond donors (Lipinski definition) is 2. The largest absolute Gasteiger partial charge is 0.478 e. The highest BCUT2D eigenvalue weighted by Crippen LogP contribution is 2.18. The molecule has 29 heavy (non-hydrogen) atoms. The Morgan fingerprint density at radius 1 is 1.07 bits per heavy atom. The molecule has 0 fully saturated rings. The monoisotopic (exact) mass is 404 g/mol. The van der Waals surface area contributed by atoms with Crippen molar-refractivity contribution < 1.29 is 9.90 Å². The minimum absolute atomic E-state index is 0.226. The number of halogens is 1. The Bertz CT molecular complexity index is 1180. The van der Waals surface area contributed by atoms with E-state index in [4.69, 9.17) is 16.7 Å². The molecule has 0 amide bonds. The van der Waals surface area contributed by atoms with Crippen LogP contribution in [0.5, 0.6) is 0 Å². The summed E-state index contributed by atoms with van der Waals surface area (Å²) in [5.74, 6) is -0.258. The molecule has 0 saturated heterocycles.